The predicted molar refractivity (Wildman–Crippen MR) is 141 cm³/mol. The van der Waals surface area contributed by atoms with Crippen molar-refractivity contribution in [3.8, 4) is 22.3 Å². The molecule has 0 fully saturated rings. The van der Waals surface area contributed by atoms with Crippen molar-refractivity contribution in [1.82, 2.24) is 0 Å². The summed E-state index contributed by atoms with van der Waals surface area (Å²) in [6, 6.07) is 40.6. The van der Waals surface area contributed by atoms with Crippen LogP contribution in [0.3, 0.4) is 0 Å². The van der Waals surface area contributed by atoms with E-state index in [1.807, 2.05) is 0 Å². The van der Waals surface area contributed by atoms with Crippen molar-refractivity contribution in [1.29, 1.82) is 0 Å². The SMILES string of the molecule is c1cc(Cc2cccc3c2Cc2ccccc2-3)cc(Cc2cccc3c2Cc2ccccc2-3)c1. The zero-order valence-corrected chi connectivity index (χ0v) is 19.2. The molecular formula is C34H26. The van der Waals surface area contributed by atoms with E-state index in [-0.39, 0.29) is 0 Å². The Kier molecular flexibility index (Phi) is 4.52. The Labute approximate surface area is 201 Å². The Balaban J connectivity index is 1.18. The van der Waals surface area contributed by atoms with Gasteiger partial charge in [-0.15, -0.1) is 0 Å². The second kappa shape index (κ2) is 7.85. The molecule has 0 amide bonds. The van der Waals surface area contributed by atoms with Crippen molar-refractivity contribution in [3.05, 3.63) is 154 Å². The second-order valence-corrected chi connectivity index (χ2v) is 9.73. The van der Waals surface area contributed by atoms with Crippen molar-refractivity contribution in [2.45, 2.75) is 25.7 Å². The Morgan fingerprint density at radius 1 is 0.412 bits per heavy atom. The maximum absolute atomic E-state index is 2.42. The molecule has 34 heavy (non-hydrogen) atoms. The first-order valence-electron chi connectivity index (χ1n) is 12.3. The van der Waals surface area contributed by atoms with Crippen molar-refractivity contribution in [2.75, 3.05) is 0 Å². The second-order valence-electron chi connectivity index (χ2n) is 9.73. The highest BCUT2D eigenvalue weighted by Crippen LogP contribution is 2.40. The van der Waals surface area contributed by atoms with Crippen LogP contribution in [0.1, 0.15) is 44.5 Å². The summed E-state index contributed by atoms with van der Waals surface area (Å²) in [6.07, 6.45) is 4.09. The monoisotopic (exact) mass is 434 g/mol. The fourth-order valence-corrected chi connectivity index (χ4v) is 6.07. The highest BCUT2D eigenvalue weighted by Gasteiger charge is 2.21. The summed E-state index contributed by atoms with van der Waals surface area (Å²) in [6.45, 7) is 0. The first-order valence-corrected chi connectivity index (χ1v) is 12.3. The normalized spacial score (nSPS) is 12.7. The largest absolute Gasteiger partial charge is 0.0619 e. The first kappa shape index (κ1) is 19.6. The fourth-order valence-electron chi connectivity index (χ4n) is 6.07. The Hall–Kier alpha value is -3.90. The van der Waals surface area contributed by atoms with Gasteiger partial charge in [-0.1, -0.05) is 109 Å². The molecule has 0 bridgehead atoms. The summed E-state index contributed by atoms with van der Waals surface area (Å²) in [5.41, 5.74) is 17.3. The molecule has 162 valence electrons. The smallest absolute Gasteiger partial charge is 0.00106 e. The molecule has 0 radical (unpaired) electrons. The fraction of sp³-hybridized carbons (Fsp3) is 0.118. The molecule has 0 N–H and O–H groups in total. The highest BCUT2D eigenvalue weighted by atomic mass is 14.3. The van der Waals surface area contributed by atoms with Gasteiger partial charge in [0, 0.05) is 0 Å². The van der Waals surface area contributed by atoms with Crippen molar-refractivity contribution in [2.24, 2.45) is 0 Å². The standard InChI is InChI=1S/C34H26/c1-3-14-29-27(10-1)21-33-25(12-6-16-31(29)33)19-23-8-5-9-24(18-23)20-26-13-7-17-32-30-15-4-2-11-28(30)22-34(26)32/h1-18H,19-22H2. The van der Waals surface area contributed by atoms with E-state index in [2.05, 4.69) is 109 Å². The van der Waals surface area contributed by atoms with Crippen LogP contribution in [0.4, 0.5) is 0 Å². The zero-order chi connectivity index (χ0) is 22.5. The summed E-state index contributed by atoms with van der Waals surface area (Å²) >= 11 is 0. The molecule has 0 saturated heterocycles. The lowest BCUT2D eigenvalue weighted by Gasteiger charge is -2.12. The van der Waals surface area contributed by atoms with Gasteiger partial charge in [-0.05, 0) is 92.4 Å². The van der Waals surface area contributed by atoms with Gasteiger partial charge in [0.2, 0.25) is 0 Å². The van der Waals surface area contributed by atoms with E-state index in [1.165, 1.54) is 66.8 Å². The summed E-state index contributed by atoms with van der Waals surface area (Å²) in [7, 11) is 0. The van der Waals surface area contributed by atoms with Crippen LogP contribution in [-0.4, -0.2) is 0 Å². The highest BCUT2D eigenvalue weighted by molar-refractivity contribution is 5.79. The molecule has 0 aliphatic heterocycles. The van der Waals surface area contributed by atoms with Crippen molar-refractivity contribution >= 4 is 0 Å². The summed E-state index contributed by atoms with van der Waals surface area (Å²) in [5.74, 6) is 0. The lowest BCUT2D eigenvalue weighted by molar-refractivity contribution is 1.09. The molecular weight excluding hydrogens is 408 g/mol. The van der Waals surface area contributed by atoms with Crippen LogP contribution in [0.15, 0.2) is 109 Å². The molecule has 5 aromatic rings. The van der Waals surface area contributed by atoms with E-state index < -0.39 is 0 Å². The van der Waals surface area contributed by atoms with Gasteiger partial charge in [0.15, 0.2) is 0 Å². The van der Waals surface area contributed by atoms with Crippen LogP contribution in [-0.2, 0) is 25.7 Å². The van der Waals surface area contributed by atoms with Crippen LogP contribution in [0.5, 0.6) is 0 Å². The van der Waals surface area contributed by atoms with Gasteiger partial charge in [-0.3, -0.25) is 0 Å². The van der Waals surface area contributed by atoms with Gasteiger partial charge in [-0.2, -0.15) is 0 Å². The van der Waals surface area contributed by atoms with E-state index in [4.69, 9.17) is 0 Å². The van der Waals surface area contributed by atoms with Gasteiger partial charge in [0.05, 0.1) is 0 Å². The maximum atomic E-state index is 2.42. The van der Waals surface area contributed by atoms with Crippen LogP contribution in [0, 0.1) is 0 Å². The van der Waals surface area contributed by atoms with Crippen LogP contribution < -0.4 is 0 Å². The lowest BCUT2D eigenvalue weighted by atomic mass is 9.93. The third kappa shape index (κ3) is 3.22. The number of hydrogen-bond donors (Lipinski definition) is 0. The van der Waals surface area contributed by atoms with Gasteiger partial charge in [-0.25, -0.2) is 0 Å². The molecule has 7 rings (SSSR count). The van der Waals surface area contributed by atoms with E-state index in [9.17, 15) is 0 Å². The summed E-state index contributed by atoms with van der Waals surface area (Å²) in [5, 5.41) is 0. The quantitative estimate of drug-likeness (QED) is 0.263. The van der Waals surface area contributed by atoms with Crippen molar-refractivity contribution in [3.63, 3.8) is 0 Å². The van der Waals surface area contributed by atoms with Gasteiger partial charge >= 0.3 is 0 Å². The van der Waals surface area contributed by atoms with Crippen molar-refractivity contribution < 1.29 is 0 Å². The number of fused-ring (bicyclic) bond motifs is 6. The van der Waals surface area contributed by atoms with E-state index in [0.29, 0.717) is 0 Å². The topological polar surface area (TPSA) is 0 Å². The van der Waals surface area contributed by atoms with Crippen LogP contribution in [0.25, 0.3) is 22.3 Å². The summed E-state index contributed by atoms with van der Waals surface area (Å²) < 4.78 is 0. The van der Waals surface area contributed by atoms with Crippen LogP contribution in [0.2, 0.25) is 0 Å². The minimum Gasteiger partial charge on any atom is -0.0619 e. The molecule has 2 aliphatic carbocycles. The number of hydrogen-bond acceptors (Lipinski definition) is 0. The number of rotatable bonds is 4. The van der Waals surface area contributed by atoms with Crippen LogP contribution >= 0.6 is 0 Å². The Morgan fingerprint density at radius 2 is 0.853 bits per heavy atom. The van der Waals surface area contributed by atoms with E-state index in [1.54, 1.807) is 0 Å². The maximum Gasteiger partial charge on any atom is -0.00106 e. The molecule has 5 aromatic carbocycles. The Bertz CT molecular complexity index is 1440. The zero-order valence-electron chi connectivity index (χ0n) is 19.2. The van der Waals surface area contributed by atoms with E-state index >= 15 is 0 Å². The lowest BCUT2D eigenvalue weighted by Crippen LogP contribution is -1.98. The molecule has 2 aliphatic rings. The minimum atomic E-state index is 0.989. The minimum absolute atomic E-state index is 0.989. The average Bonchev–Trinajstić information content (AvgIpc) is 3.44. The van der Waals surface area contributed by atoms with Gasteiger partial charge in [0.25, 0.3) is 0 Å². The molecule has 0 heteroatoms. The predicted octanol–water partition coefficient (Wildman–Crippen LogP) is 8.01. The molecule has 0 spiro atoms. The molecule has 0 aromatic heterocycles. The van der Waals surface area contributed by atoms with Gasteiger partial charge < -0.3 is 0 Å². The van der Waals surface area contributed by atoms with Gasteiger partial charge in [0.1, 0.15) is 0 Å². The first-order chi connectivity index (χ1) is 16.8. The number of benzene rings is 5. The molecule has 0 nitrogen and oxygen atoms in total. The Morgan fingerprint density at radius 3 is 1.38 bits per heavy atom. The third-order valence-corrected chi connectivity index (χ3v) is 7.68. The molecule has 0 atom stereocenters. The molecule has 0 unspecified atom stereocenters. The molecule has 0 heterocycles. The average molecular weight is 435 g/mol. The van der Waals surface area contributed by atoms with E-state index in [0.717, 1.165) is 25.7 Å². The summed E-state index contributed by atoms with van der Waals surface area (Å²) in [4.78, 5) is 0. The molecule has 0 saturated carbocycles. The third-order valence-electron chi connectivity index (χ3n) is 7.68.